The number of nitrogens with zero attached hydrogens (tertiary/aromatic N) is 1. The quantitative estimate of drug-likeness (QED) is 0.686. The van der Waals surface area contributed by atoms with E-state index in [1.807, 2.05) is 30.6 Å². The molecule has 0 saturated carbocycles. The number of hydrogen-bond acceptors (Lipinski definition) is 3. The maximum absolute atomic E-state index is 13.9. The van der Waals surface area contributed by atoms with Crippen LogP contribution in [0.25, 0.3) is 10.2 Å². The standard InChI is InChI=1S/C15H12BrFN2S/c1-9(12-6-10(16)2-4-13(12)17)19-11-3-5-14-15(7-11)20-8-18-14/h2-9,19H,1H3. The normalized spacial score (nSPS) is 12.6. The minimum absolute atomic E-state index is 0.113. The summed E-state index contributed by atoms with van der Waals surface area (Å²) in [7, 11) is 0. The average Bonchev–Trinajstić information content (AvgIpc) is 2.89. The summed E-state index contributed by atoms with van der Waals surface area (Å²) in [5, 5.41) is 3.33. The monoisotopic (exact) mass is 350 g/mol. The van der Waals surface area contributed by atoms with E-state index in [-0.39, 0.29) is 11.9 Å². The van der Waals surface area contributed by atoms with Gasteiger partial charge in [-0.2, -0.15) is 0 Å². The fourth-order valence-electron chi connectivity index (χ4n) is 2.12. The predicted octanol–water partition coefficient (Wildman–Crippen LogP) is 5.37. The lowest BCUT2D eigenvalue weighted by atomic mass is 10.1. The number of nitrogens with one attached hydrogen (secondary N) is 1. The van der Waals surface area contributed by atoms with Crippen molar-refractivity contribution < 1.29 is 4.39 Å². The number of rotatable bonds is 3. The number of thiazole rings is 1. The summed E-state index contributed by atoms with van der Waals surface area (Å²) in [6.07, 6.45) is 0. The van der Waals surface area contributed by atoms with Gasteiger partial charge in [0, 0.05) is 15.7 Å². The lowest BCUT2D eigenvalue weighted by Crippen LogP contribution is -2.08. The van der Waals surface area contributed by atoms with Crippen molar-refractivity contribution in [2.24, 2.45) is 0 Å². The molecular weight excluding hydrogens is 339 g/mol. The summed E-state index contributed by atoms with van der Waals surface area (Å²) in [4.78, 5) is 4.25. The van der Waals surface area contributed by atoms with Gasteiger partial charge in [0.25, 0.3) is 0 Å². The third-order valence-corrected chi connectivity index (χ3v) is 4.42. The Bertz CT molecular complexity index is 756. The van der Waals surface area contributed by atoms with Gasteiger partial charge in [0.2, 0.25) is 0 Å². The molecule has 20 heavy (non-hydrogen) atoms. The van der Waals surface area contributed by atoms with Crippen molar-refractivity contribution >= 4 is 43.2 Å². The minimum atomic E-state index is -0.202. The Hall–Kier alpha value is -1.46. The van der Waals surface area contributed by atoms with Gasteiger partial charge in [-0.05, 0) is 43.3 Å². The largest absolute Gasteiger partial charge is 0.378 e. The molecule has 1 heterocycles. The Morgan fingerprint density at radius 2 is 2.10 bits per heavy atom. The Balaban J connectivity index is 1.87. The highest BCUT2D eigenvalue weighted by Gasteiger charge is 2.11. The van der Waals surface area contributed by atoms with E-state index in [1.54, 1.807) is 23.5 Å². The van der Waals surface area contributed by atoms with Crippen LogP contribution in [0, 0.1) is 5.82 Å². The summed E-state index contributed by atoms with van der Waals surface area (Å²) >= 11 is 4.97. The van der Waals surface area contributed by atoms with Gasteiger partial charge in [-0.25, -0.2) is 9.37 Å². The molecule has 0 amide bonds. The zero-order valence-corrected chi connectivity index (χ0v) is 13.1. The van der Waals surface area contributed by atoms with Crippen LogP contribution in [0.3, 0.4) is 0 Å². The molecule has 2 nitrogen and oxygen atoms in total. The number of hydrogen-bond donors (Lipinski definition) is 1. The number of benzene rings is 2. The van der Waals surface area contributed by atoms with E-state index in [4.69, 9.17) is 0 Å². The second kappa shape index (κ2) is 5.50. The van der Waals surface area contributed by atoms with Gasteiger partial charge in [0.05, 0.1) is 21.8 Å². The van der Waals surface area contributed by atoms with Gasteiger partial charge in [-0.15, -0.1) is 11.3 Å². The molecule has 0 aliphatic rings. The van der Waals surface area contributed by atoms with Gasteiger partial charge in [0.15, 0.2) is 0 Å². The van der Waals surface area contributed by atoms with Gasteiger partial charge in [-0.3, -0.25) is 0 Å². The Kier molecular flexibility index (Phi) is 3.72. The molecule has 0 bridgehead atoms. The van der Waals surface area contributed by atoms with Crippen molar-refractivity contribution in [3.63, 3.8) is 0 Å². The maximum atomic E-state index is 13.9. The Morgan fingerprint density at radius 1 is 1.25 bits per heavy atom. The molecular formula is C15H12BrFN2S. The first-order valence-electron chi connectivity index (χ1n) is 6.18. The summed E-state index contributed by atoms with van der Waals surface area (Å²) in [6.45, 7) is 1.95. The number of anilines is 1. The highest BCUT2D eigenvalue weighted by atomic mass is 79.9. The second-order valence-electron chi connectivity index (χ2n) is 4.57. The summed E-state index contributed by atoms with van der Waals surface area (Å²) in [5.74, 6) is -0.202. The highest BCUT2D eigenvalue weighted by molar-refractivity contribution is 9.10. The summed E-state index contributed by atoms with van der Waals surface area (Å²) in [6, 6.07) is 10.8. The van der Waals surface area contributed by atoms with Crippen molar-refractivity contribution in [1.29, 1.82) is 0 Å². The fourth-order valence-corrected chi connectivity index (χ4v) is 3.21. The van der Waals surface area contributed by atoms with Crippen LogP contribution in [0.4, 0.5) is 10.1 Å². The minimum Gasteiger partial charge on any atom is -0.378 e. The predicted molar refractivity (Wildman–Crippen MR) is 85.8 cm³/mol. The molecule has 2 aromatic carbocycles. The molecule has 0 fully saturated rings. The zero-order valence-electron chi connectivity index (χ0n) is 10.7. The first kappa shape index (κ1) is 13.5. The molecule has 0 aliphatic heterocycles. The molecule has 1 aromatic heterocycles. The van der Waals surface area contributed by atoms with Gasteiger partial charge in [-0.1, -0.05) is 15.9 Å². The summed E-state index contributed by atoms with van der Waals surface area (Å²) < 4.78 is 15.9. The molecule has 3 aromatic rings. The van der Waals surface area contributed by atoms with Crippen LogP contribution in [-0.2, 0) is 0 Å². The maximum Gasteiger partial charge on any atom is 0.128 e. The number of aromatic nitrogens is 1. The van der Waals surface area contributed by atoms with Crippen molar-refractivity contribution in [3.8, 4) is 0 Å². The van der Waals surface area contributed by atoms with Crippen molar-refractivity contribution in [2.75, 3.05) is 5.32 Å². The molecule has 0 aliphatic carbocycles. The van der Waals surface area contributed by atoms with Crippen LogP contribution in [0.5, 0.6) is 0 Å². The molecule has 102 valence electrons. The van der Waals surface area contributed by atoms with Crippen LogP contribution >= 0.6 is 27.3 Å². The molecule has 1 unspecified atom stereocenters. The second-order valence-corrected chi connectivity index (χ2v) is 6.37. The number of halogens is 2. The third kappa shape index (κ3) is 2.69. The van der Waals surface area contributed by atoms with E-state index in [1.165, 1.54) is 6.07 Å². The van der Waals surface area contributed by atoms with Crippen molar-refractivity contribution in [2.45, 2.75) is 13.0 Å². The smallest absolute Gasteiger partial charge is 0.128 e. The van der Waals surface area contributed by atoms with E-state index < -0.39 is 0 Å². The van der Waals surface area contributed by atoms with E-state index in [0.29, 0.717) is 5.56 Å². The fraction of sp³-hybridized carbons (Fsp3) is 0.133. The topological polar surface area (TPSA) is 24.9 Å². The lowest BCUT2D eigenvalue weighted by Gasteiger charge is -2.16. The average molecular weight is 351 g/mol. The molecule has 1 N–H and O–H groups in total. The van der Waals surface area contributed by atoms with E-state index in [2.05, 4.69) is 26.2 Å². The SMILES string of the molecule is CC(Nc1ccc2ncsc2c1)c1cc(Br)ccc1F. The summed E-state index contributed by atoms with van der Waals surface area (Å²) in [5.41, 5.74) is 4.42. The van der Waals surface area contributed by atoms with Crippen LogP contribution in [-0.4, -0.2) is 4.98 Å². The van der Waals surface area contributed by atoms with Gasteiger partial charge < -0.3 is 5.32 Å². The van der Waals surface area contributed by atoms with Gasteiger partial charge >= 0.3 is 0 Å². The van der Waals surface area contributed by atoms with Crippen molar-refractivity contribution in [3.05, 3.63) is 57.8 Å². The molecule has 1 atom stereocenters. The van der Waals surface area contributed by atoms with Crippen LogP contribution < -0.4 is 5.32 Å². The van der Waals surface area contributed by atoms with Crippen molar-refractivity contribution in [1.82, 2.24) is 4.98 Å². The van der Waals surface area contributed by atoms with E-state index >= 15 is 0 Å². The Labute approximate surface area is 128 Å². The Morgan fingerprint density at radius 3 is 2.95 bits per heavy atom. The first-order chi connectivity index (χ1) is 9.63. The first-order valence-corrected chi connectivity index (χ1v) is 7.85. The lowest BCUT2D eigenvalue weighted by molar-refractivity contribution is 0.600. The molecule has 3 rings (SSSR count). The van der Waals surface area contributed by atoms with Crippen LogP contribution in [0.2, 0.25) is 0 Å². The third-order valence-electron chi connectivity index (χ3n) is 3.14. The molecule has 0 saturated heterocycles. The van der Waals surface area contributed by atoms with Crippen LogP contribution in [0.1, 0.15) is 18.5 Å². The zero-order chi connectivity index (χ0) is 14.1. The van der Waals surface area contributed by atoms with Gasteiger partial charge in [0.1, 0.15) is 5.82 Å². The van der Waals surface area contributed by atoms with E-state index in [9.17, 15) is 4.39 Å². The molecule has 0 radical (unpaired) electrons. The van der Waals surface area contributed by atoms with E-state index in [0.717, 1.165) is 20.4 Å². The number of fused-ring (bicyclic) bond motifs is 1. The molecule has 5 heteroatoms. The van der Waals surface area contributed by atoms with Crippen LogP contribution in [0.15, 0.2) is 46.4 Å². The highest BCUT2D eigenvalue weighted by Crippen LogP contribution is 2.27. The molecule has 0 spiro atoms.